The highest BCUT2D eigenvalue weighted by atomic mass is 32.2. The molecule has 2 aromatic carbocycles. The Morgan fingerprint density at radius 2 is 1.83 bits per heavy atom. The molecule has 0 radical (unpaired) electrons. The topological polar surface area (TPSA) is 96.0 Å². The second kappa shape index (κ2) is 12.2. The Kier molecular flexibility index (Phi) is 9.31. The summed E-state index contributed by atoms with van der Waals surface area (Å²) in [5.41, 5.74) is 0.766. The number of hydrogen-bond acceptors (Lipinski definition) is 5. The van der Waals surface area contributed by atoms with E-state index < -0.39 is 34.3 Å². The Labute approximate surface area is 212 Å². The van der Waals surface area contributed by atoms with Gasteiger partial charge in [0.1, 0.15) is 24.2 Å². The van der Waals surface area contributed by atoms with Crippen LogP contribution in [0, 0.1) is 5.82 Å². The first kappa shape index (κ1) is 27.4. The third-order valence-corrected chi connectivity index (χ3v) is 7.49. The smallest absolute Gasteiger partial charge is 0.244 e. The predicted octanol–water partition coefficient (Wildman–Crippen LogP) is 3.47. The lowest BCUT2D eigenvalue weighted by atomic mass is 10.1. The number of carbonyl (C=O) groups excluding carboxylic acids is 2. The van der Waals surface area contributed by atoms with Crippen LogP contribution in [0.1, 0.15) is 44.6 Å². The number of anilines is 1. The second-order valence-electron chi connectivity index (χ2n) is 9.04. The molecule has 196 valence electrons. The summed E-state index contributed by atoms with van der Waals surface area (Å²) in [5.74, 6) is -0.858. The summed E-state index contributed by atoms with van der Waals surface area (Å²) in [5, 5.41) is 3.06. The van der Waals surface area contributed by atoms with Crippen LogP contribution < -0.4 is 14.4 Å². The van der Waals surface area contributed by atoms with Crippen molar-refractivity contribution < 1.29 is 27.1 Å². The molecule has 0 heterocycles. The van der Waals surface area contributed by atoms with Gasteiger partial charge in [-0.05, 0) is 55.2 Å². The van der Waals surface area contributed by atoms with Gasteiger partial charge in [0.15, 0.2) is 0 Å². The number of halogens is 1. The van der Waals surface area contributed by atoms with Crippen molar-refractivity contribution in [3.05, 3.63) is 59.9 Å². The molecule has 1 N–H and O–H groups in total. The SMILES string of the molecule is CCC(C(=O)NC1CCCC1)N(Cc1cccc(OC)c1)C(=O)CN(c1cccc(F)c1)S(C)(=O)=O. The van der Waals surface area contributed by atoms with Crippen LogP contribution in [0.15, 0.2) is 48.5 Å². The van der Waals surface area contributed by atoms with E-state index in [4.69, 9.17) is 4.74 Å². The summed E-state index contributed by atoms with van der Waals surface area (Å²) < 4.78 is 45.2. The van der Waals surface area contributed by atoms with Gasteiger partial charge in [0.05, 0.1) is 19.1 Å². The lowest BCUT2D eigenvalue weighted by Crippen LogP contribution is -2.53. The number of ether oxygens (including phenoxy) is 1. The first-order valence-electron chi connectivity index (χ1n) is 12.1. The van der Waals surface area contributed by atoms with Gasteiger partial charge in [0, 0.05) is 12.6 Å². The molecular formula is C26H34FN3O5S. The molecule has 1 aliphatic rings. The maximum atomic E-state index is 13.9. The Morgan fingerprint density at radius 1 is 1.14 bits per heavy atom. The molecule has 1 unspecified atom stereocenters. The van der Waals surface area contributed by atoms with Crippen LogP contribution >= 0.6 is 0 Å². The minimum Gasteiger partial charge on any atom is -0.497 e. The summed E-state index contributed by atoms with van der Waals surface area (Å²) in [6.07, 6.45) is 5.19. The van der Waals surface area contributed by atoms with Crippen LogP contribution in [0.5, 0.6) is 5.75 Å². The Hall–Kier alpha value is -3.14. The van der Waals surface area contributed by atoms with Gasteiger partial charge in [0.25, 0.3) is 0 Å². The van der Waals surface area contributed by atoms with Crippen LogP contribution in [-0.2, 0) is 26.2 Å². The van der Waals surface area contributed by atoms with Crippen molar-refractivity contribution >= 4 is 27.5 Å². The number of rotatable bonds is 11. The quantitative estimate of drug-likeness (QED) is 0.491. The van der Waals surface area contributed by atoms with Gasteiger partial charge in [-0.1, -0.05) is 38.0 Å². The summed E-state index contributed by atoms with van der Waals surface area (Å²) in [4.78, 5) is 28.3. The molecule has 3 rings (SSSR count). The molecule has 1 atom stereocenters. The van der Waals surface area contributed by atoms with Gasteiger partial charge in [0.2, 0.25) is 21.8 Å². The number of sulfonamides is 1. The molecule has 0 saturated heterocycles. The number of methoxy groups -OCH3 is 1. The Morgan fingerprint density at radius 3 is 2.44 bits per heavy atom. The monoisotopic (exact) mass is 519 g/mol. The van der Waals surface area contributed by atoms with Crippen LogP contribution in [0.3, 0.4) is 0 Å². The average Bonchev–Trinajstić information content (AvgIpc) is 3.34. The first-order chi connectivity index (χ1) is 17.1. The van der Waals surface area contributed by atoms with E-state index in [1.165, 1.54) is 30.2 Å². The van der Waals surface area contributed by atoms with Gasteiger partial charge >= 0.3 is 0 Å². The summed E-state index contributed by atoms with van der Waals surface area (Å²) in [6.45, 7) is 1.32. The van der Waals surface area contributed by atoms with Gasteiger partial charge in [-0.25, -0.2) is 12.8 Å². The van der Waals surface area contributed by atoms with Crippen molar-refractivity contribution in [1.82, 2.24) is 10.2 Å². The minimum atomic E-state index is -3.92. The summed E-state index contributed by atoms with van der Waals surface area (Å²) >= 11 is 0. The molecule has 2 amide bonds. The Bertz CT molecular complexity index is 1170. The molecule has 1 saturated carbocycles. The van der Waals surface area contributed by atoms with Crippen molar-refractivity contribution in [2.75, 3.05) is 24.2 Å². The maximum absolute atomic E-state index is 13.9. The van der Waals surface area contributed by atoms with Gasteiger partial charge < -0.3 is 15.0 Å². The molecule has 8 nitrogen and oxygen atoms in total. The molecule has 1 fully saturated rings. The third-order valence-electron chi connectivity index (χ3n) is 6.35. The van der Waals surface area contributed by atoms with Crippen molar-refractivity contribution in [3.8, 4) is 5.75 Å². The summed E-state index contributed by atoms with van der Waals surface area (Å²) in [6, 6.07) is 11.5. The molecule has 0 spiro atoms. The standard InChI is InChI=1S/C26H34FN3O5S/c1-4-24(26(32)28-21-11-5-6-12-21)29(17-19-9-7-14-23(15-19)35-2)25(31)18-30(36(3,33)34)22-13-8-10-20(27)16-22/h7-10,13-16,21,24H,4-6,11-12,17-18H2,1-3H3,(H,28,32). The Balaban J connectivity index is 1.93. The highest BCUT2D eigenvalue weighted by Crippen LogP contribution is 2.23. The molecular weight excluding hydrogens is 485 g/mol. The number of hydrogen-bond donors (Lipinski definition) is 1. The number of carbonyl (C=O) groups is 2. The molecule has 10 heteroatoms. The van der Waals surface area contributed by atoms with E-state index in [0.717, 1.165) is 47.9 Å². The predicted molar refractivity (Wildman–Crippen MR) is 137 cm³/mol. The van der Waals surface area contributed by atoms with Crippen LogP contribution in [0.25, 0.3) is 0 Å². The van der Waals surface area contributed by atoms with E-state index >= 15 is 0 Å². The molecule has 36 heavy (non-hydrogen) atoms. The average molecular weight is 520 g/mol. The zero-order chi connectivity index (χ0) is 26.3. The van der Waals surface area contributed by atoms with E-state index in [0.29, 0.717) is 12.2 Å². The van der Waals surface area contributed by atoms with Gasteiger partial charge in [-0.3, -0.25) is 13.9 Å². The fourth-order valence-electron chi connectivity index (χ4n) is 4.50. The highest BCUT2D eigenvalue weighted by Gasteiger charge is 2.33. The van der Waals surface area contributed by atoms with Crippen LogP contribution in [0.4, 0.5) is 10.1 Å². The lowest BCUT2D eigenvalue weighted by Gasteiger charge is -2.33. The van der Waals surface area contributed by atoms with E-state index in [9.17, 15) is 22.4 Å². The van der Waals surface area contributed by atoms with Crippen LogP contribution in [-0.4, -0.2) is 57.1 Å². The zero-order valence-electron chi connectivity index (χ0n) is 20.9. The molecule has 1 aliphatic carbocycles. The molecule has 0 aromatic heterocycles. The zero-order valence-corrected chi connectivity index (χ0v) is 21.8. The van der Waals surface area contributed by atoms with Crippen molar-refractivity contribution in [2.24, 2.45) is 0 Å². The second-order valence-corrected chi connectivity index (χ2v) is 10.9. The minimum absolute atomic E-state index is 0.0376. The summed E-state index contributed by atoms with van der Waals surface area (Å²) in [7, 11) is -2.38. The maximum Gasteiger partial charge on any atom is 0.244 e. The number of amides is 2. The van der Waals surface area contributed by atoms with Gasteiger partial charge in [-0.15, -0.1) is 0 Å². The molecule has 2 aromatic rings. The van der Waals surface area contributed by atoms with E-state index in [1.807, 2.05) is 13.0 Å². The number of benzene rings is 2. The van der Waals surface area contributed by atoms with Gasteiger partial charge in [-0.2, -0.15) is 0 Å². The fraction of sp³-hybridized carbons (Fsp3) is 0.462. The third kappa shape index (κ3) is 7.19. The lowest BCUT2D eigenvalue weighted by molar-refractivity contribution is -0.140. The first-order valence-corrected chi connectivity index (χ1v) is 13.9. The van der Waals surface area contributed by atoms with Crippen molar-refractivity contribution in [2.45, 2.75) is 57.7 Å². The molecule has 0 bridgehead atoms. The highest BCUT2D eigenvalue weighted by molar-refractivity contribution is 7.92. The molecule has 0 aliphatic heterocycles. The van der Waals surface area contributed by atoms with E-state index in [-0.39, 0.29) is 24.2 Å². The van der Waals surface area contributed by atoms with Crippen molar-refractivity contribution in [1.29, 1.82) is 0 Å². The largest absolute Gasteiger partial charge is 0.497 e. The fourth-order valence-corrected chi connectivity index (χ4v) is 5.34. The number of nitrogens with one attached hydrogen (secondary N) is 1. The van der Waals surface area contributed by atoms with Crippen LogP contribution in [0.2, 0.25) is 0 Å². The number of nitrogens with zero attached hydrogens (tertiary/aromatic N) is 2. The van der Waals surface area contributed by atoms with E-state index in [1.54, 1.807) is 18.2 Å². The van der Waals surface area contributed by atoms with E-state index in [2.05, 4.69) is 5.32 Å². The normalized spacial score (nSPS) is 14.8. The van der Waals surface area contributed by atoms with Crippen molar-refractivity contribution in [3.63, 3.8) is 0 Å².